The van der Waals surface area contributed by atoms with E-state index in [1.807, 2.05) is 0 Å². The lowest BCUT2D eigenvalue weighted by Gasteiger charge is -2.27. The second-order valence-corrected chi connectivity index (χ2v) is 7.88. The summed E-state index contributed by atoms with van der Waals surface area (Å²) >= 11 is 0. The molecule has 0 spiro atoms. The fraction of sp³-hybridized carbons (Fsp3) is 0.500. The fourth-order valence-corrected chi connectivity index (χ4v) is 4.26. The first-order chi connectivity index (χ1) is 11.4. The molecule has 1 aliphatic rings. The summed E-state index contributed by atoms with van der Waals surface area (Å²) in [6.45, 7) is 1.63. The van der Waals surface area contributed by atoms with Gasteiger partial charge in [-0.3, -0.25) is 9.59 Å². The van der Waals surface area contributed by atoms with Gasteiger partial charge in [0.05, 0.1) is 30.6 Å². The van der Waals surface area contributed by atoms with Gasteiger partial charge in [-0.2, -0.15) is 0 Å². The molecule has 2 rings (SSSR count). The highest BCUT2D eigenvalue weighted by Crippen LogP contribution is 2.15. The van der Waals surface area contributed by atoms with Gasteiger partial charge in [0.15, 0.2) is 9.84 Å². The number of amides is 1. The van der Waals surface area contributed by atoms with Gasteiger partial charge in [-0.05, 0) is 5.56 Å². The molecule has 0 radical (unpaired) electrons. The summed E-state index contributed by atoms with van der Waals surface area (Å²) in [5, 5.41) is 9.29. The van der Waals surface area contributed by atoms with Gasteiger partial charge >= 0.3 is 5.97 Å². The van der Waals surface area contributed by atoms with Gasteiger partial charge in [0.1, 0.15) is 0 Å². The van der Waals surface area contributed by atoms with Crippen LogP contribution in [0.1, 0.15) is 12.0 Å². The smallest absolute Gasteiger partial charge is 0.308 e. The predicted molar refractivity (Wildman–Crippen MR) is 87.1 cm³/mol. The molecule has 1 aromatic carbocycles. The maximum absolute atomic E-state index is 12.3. The molecule has 24 heavy (non-hydrogen) atoms. The van der Waals surface area contributed by atoms with Crippen molar-refractivity contribution in [1.82, 2.24) is 4.90 Å². The maximum atomic E-state index is 12.3. The summed E-state index contributed by atoms with van der Waals surface area (Å²) in [6.07, 6.45) is -0.316. The zero-order chi connectivity index (χ0) is 17.6. The monoisotopic (exact) mass is 355 g/mol. The Morgan fingerprint density at radius 3 is 2.38 bits per heavy atom. The summed E-state index contributed by atoms with van der Waals surface area (Å²) in [5.41, 5.74) is 0.598. The topological polar surface area (TPSA) is 101 Å². The zero-order valence-corrected chi connectivity index (χ0v) is 14.1. The van der Waals surface area contributed by atoms with E-state index in [0.717, 1.165) is 0 Å². The summed E-state index contributed by atoms with van der Waals surface area (Å²) in [6, 6.07) is 8.57. The van der Waals surface area contributed by atoms with Crippen molar-refractivity contribution in [2.24, 2.45) is 5.92 Å². The highest BCUT2D eigenvalue weighted by Gasteiger charge is 2.30. The number of carbonyl (C=O) groups excluding carboxylic acids is 1. The Labute approximate surface area is 141 Å². The molecule has 1 aromatic rings. The van der Waals surface area contributed by atoms with Crippen LogP contribution in [0.5, 0.6) is 0 Å². The lowest BCUT2D eigenvalue weighted by Crippen LogP contribution is -2.42. The molecule has 132 valence electrons. The molecule has 1 aliphatic heterocycles. The first-order valence-corrected chi connectivity index (χ1v) is 9.52. The molecular weight excluding hydrogens is 334 g/mol. The molecule has 1 N–H and O–H groups in total. The Hall–Kier alpha value is -1.93. The van der Waals surface area contributed by atoms with E-state index in [2.05, 4.69) is 0 Å². The summed E-state index contributed by atoms with van der Waals surface area (Å²) < 4.78 is 29.7. The Morgan fingerprint density at radius 1 is 1.17 bits per heavy atom. The zero-order valence-electron chi connectivity index (χ0n) is 13.3. The first-order valence-electron chi connectivity index (χ1n) is 7.70. The molecule has 1 fully saturated rings. The number of benzene rings is 1. The lowest BCUT2D eigenvalue weighted by molar-refractivity contribution is -0.146. The van der Waals surface area contributed by atoms with Crippen LogP contribution >= 0.6 is 0 Å². The van der Waals surface area contributed by atoms with Crippen LogP contribution in [0.4, 0.5) is 0 Å². The number of nitrogens with zero attached hydrogens (tertiary/aromatic N) is 1. The third kappa shape index (κ3) is 5.61. The SMILES string of the molecule is O=C(O)[C@@H](CC(=O)N1CCOCC1)CS(=O)(=O)Cc1ccccc1. The minimum absolute atomic E-state index is 0.233. The fourth-order valence-electron chi connectivity index (χ4n) is 2.56. The van der Waals surface area contributed by atoms with Crippen LogP contribution in [0.15, 0.2) is 30.3 Å². The summed E-state index contributed by atoms with van der Waals surface area (Å²) in [7, 11) is -3.63. The van der Waals surface area contributed by atoms with Crippen LogP contribution in [-0.2, 0) is 29.9 Å². The Morgan fingerprint density at radius 2 is 1.79 bits per heavy atom. The van der Waals surface area contributed by atoms with Crippen molar-refractivity contribution in [3.05, 3.63) is 35.9 Å². The van der Waals surface area contributed by atoms with E-state index in [1.165, 1.54) is 4.90 Å². The quantitative estimate of drug-likeness (QED) is 0.767. The molecule has 1 heterocycles. The highest BCUT2D eigenvalue weighted by molar-refractivity contribution is 7.90. The van der Waals surface area contributed by atoms with E-state index >= 15 is 0 Å². The van der Waals surface area contributed by atoms with Gasteiger partial charge < -0.3 is 14.7 Å². The number of rotatable bonds is 7. The average molecular weight is 355 g/mol. The van der Waals surface area contributed by atoms with Crippen LogP contribution in [-0.4, -0.2) is 62.4 Å². The Kier molecular flexibility index (Phi) is 6.33. The lowest BCUT2D eigenvalue weighted by atomic mass is 10.1. The molecule has 0 aliphatic carbocycles. The van der Waals surface area contributed by atoms with Crippen molar-refractivity contribution >= 4 is 21.7 Å². The van der Waals surface area contributed by atoms with Gasteiger partial charge in [0, 0.05) is 19.5 Å². The number of carbonyl (C=O) groups is 2. The third-order valence-corrected chi connectivity index (χ3v) is 5.50. The highest BCUT2D eigenvalue weighted by atomic mass is 32.2. The number of sulfone groups is 1. The van der Waals surface area contributed by atoms with Crippen molar-refractivity contribution in [1.29, 1.82) is 0 Å². The molecule has 1 saturated heterocycles. The average Bonchev–Trinajstić information content (AvgIpc) is 2.55. The molecule has 8 heteroatoms. The number of carboxylic acids is 1. The molecule has 1 amide bonds. The van der Waals surface area contributed by atoms with Crippen molar-refractivity contribution in [3.8, 4) is 0 Å². The van der Waals surface area contributed by atoms with Crippen LogP contribution < -0.4 is 0 Å². The second-order valence-electron chi connectivity index (χ2n) is 5.77. The molecule has 0 unspecified atom stereocenters. The number of hydrogen-bond donors (Lipinski definition) is 1. The van der Waals surface area contributed by atoms with E-state index < -0.39 is 27.5 Å². The molecular formula is C16H21NO6S. The number of carboxylic acid groups (broad SMARTS) is 1. The van der Waals surface area contributed by atoms with E-state index in [4.69, 9.17) is 4.74 Å². The Bertz CT molecular complexity index is 667. The molecule has 0 aromatic heterocycles. The van der Waals surface area contributed by atoms with E-state index in [9.17, 15) is 23.1 Å². The van der Waals surface area contributed by atoms with Gasteiger partial charge in [0.25, 0.3) is 0 Å². The van der Waals surface area contributed by atoms with Crippen LogP contribution in [0.3, 0.4) is 0 Å². The van der Waals surface area contributed by atoms with Gasteiger partial charge in [-0.15, -0.1) is 0 Å². The number of aliphatic carboxylic acids is 1. The molecule has 0 saturated carbocycles. The summed E-state index contributed by atoms with van der Waals surface area (Å²) in [5.74, 6) is -3.64. The van der Waals surface area contributed by atoms with Crippen molar-refractivity contribution in [3.63, 3.8) is 0 Å². The molecule has 1 atom stereocenters. The largest absolute Gasteiger partial charge is 0.481 e. The molecule has 7 nitrogen and oxygen atoms in total. The molecule has 0 bridgehead atoms. The van der Waals surface area contributed by atoms with Crippen LogP contribution in [0, 0.1) is 5.92 Å². The van der Waals surface area contributed by atoms with E-state index in [0.29, 0.717) is 31.9 Å². The van der Waals surface area contributed by atoms with Crippen LogP contribution in [0.25, 0.3) is 0 Å². The van der Waals surface area contributed by atoms with E-state index in [1.54, 1.807) is 30.3 Å². The van der Waals surface area contributed by atoms with Gasteiger partial charge in [0.2, 0.25) is 5.91 Å². The maximum Gasteiger partial charge on any atom is 0.308 e. The number of ether oxygens (including phenoxy) is 1. The normalized spacial score (nSPS) is 16.6. The summed E-state index contributed by atoms with van der Waals surface area (Å²) in [4.78, 5) is 25.1. The van der Waals surface area contributed by atoms with Crippen molar-refractivity contribution in [2.75, 3.05) is 32.1 Å². The van der Waals surface area contributed by atoms with Crippen molar-refractivity contribution < 1.29 is 27.9 Å². The van der Waals surface area contributed by atoms with Crippen LogP contribution in [0.2, 0.25) is 0 Å². The Balaban J connectivity index is 1.99. The minimum Gasteiger partial charge on any atom is -0.481 e. The second kappa shape index (κ2) is 8.25. The third-order valence-electron chi connectivity index (χ3n) is 3.82. The number of hydrogen-bond acceptors (Lipinski definition) is 5. The standard InChI is InChI=1S/C16H21NO6S/c18-15(17-6-8-23-9-7-17)10-14(16(19)20)12-24(21,22)11-13-4-2-1-3-5-13/h1-5,14H,6-12H2,(H,19,20)/t14-/m0/s1. The first kappa shape index (κ1) is 18.4. The minimum atomic E-state index is -3.63. The number of morpholine rings is 1. The van der Waals surface area contributed by atoms with Crippen molar-refractivity contribution in [2.45, 2.75) is 12.2 Å². The van der Waals surface area contributed by atoms with Gasteiger partial charge in [-0.25, -0.2) is 8.42 Å². The van der Waals surface area contributed by atoms with Gasteiger partial charge in [-0.1, -0.05) is 30.3 Å². The van der Waals surface area contributed by atoms with E-state index in [-0.39, 0.29) is 18.1 Å². The predicted octanol–water partition coefficient (Wildman–Crippen LogP) is 0.551.